The Morgan fingerprint density at radius 3 is 2.56 bits per heavy atom. The quantitative estimate of drug-likeness (QED) is 0.780. The van der Waals surface area contributed by atoms with Crippen molar-refractivity contribution in [2.45, 2.75) is 13.5 Å². The topological polar surface area (TPSA) is 26.3 Å². The molecule has 2 aromatic rings. The first-order valence-electron chi connectivity index (χ1n) is 5.64. The van der Waals surface area contributed by atoms with E-state index in [0.29, 0.717) is 10.6 Å². The molecule has 0 atom stereocenters. The van der Waals surface area contributed by atoms with Gasteiger partial charge in [-0.1, -0.05) is 48.0 Å². The van der Waals surface area contributed by atoms with Crippen LogP contribution < -0.4 is 0 Å². The number of carbonyl (C=O) groups excluding carboxylic acids is 1. The maximum Gasteiger partial charge on any atom is 0.338 e. The highest BCUT2D eigenvalue weighted by Crippen LogP contribution is 2.17. The van der Waals surface area contributed by atoms with Gasteiger partial charge >= 0.3 is 5.97 Å². The SMILES string of the molecule is Cc1ccc(C(=O)OCc2ccccc2)cc1Cl. The molecule has 0 bridgehead atoms. The van der Waals surface area contributed by atoms with Gasteiger partial charge in [-0.2, -0.15) is 0 Å². The zero-order valence-electron chi connectivity index (χ0n) is 10.0. The first kappa shape index (κ1) is 12.7. The van der Waals surface area contributed by atoms with E-state index in [0.717, 1.165) is 11.1 Å². The van der Waals surface area contributed by atoms with Crippen LogP contribution in [0.3, 0.4) is 0 Å². The van der Waals surface area contributed by atoms with Gasteiger partial charge < -0.3 is 4.74 Å². The number of ether oxygens (including phenoxy) is 1. The molecule has 2 nitrogen and oxygen atoms in total. The summed E-state index contributed by atoms with van der Waals surface area (Å²) in [5.41, 5.74) is 2.38. The van der Waals surface area contributed by atoms with Crippen LogP contribution in [0.15, 0.2) is 48.5 Å². The standard InChI is InChI=1S/C15H13ClO2/c1-11-7-8-13(9-14(11)16)15(17)18-10-12-5-3-2-4-6-12/h2-9H,10H2,1H3. The van der Waals surface area contributed by atoms with Gasteiger partial charge in [0.1, 0.15) is 6.61 Å². The van der Waals surface area contributed by atoms with E-state index in [1.54, 1.807) is 18.2 Å². The predicted octanol–water partition coefficient (Wildman–Crippen LogP) is 4.01. The van der Waals surface area contributed by atoms with Crippen LogP contribution >= 0.6 is 11.6 Å². The summed E-state index contributed by atoms with van der Waals surface area (Å²) in [6, 6.07) is 14.7. The lowest BCUT2D eigenvalue weighted by Gasteiger charge is -2.06. The summed E-state index contributed by atoms with van der Waals surface area (Å²) in [4.78, 5) is 11.8. The fourth-order valence-corrected chi connectivity index (χ4v) is 1.71. The molecule has 2 aromatic carbocycles. The van der Waals surface area contributed by atoms with Crippen molar-refractivity contribution in [1.29, 1.82) is 0 Å². The maximum atomic E-state index is 11.8. The van der Waals surface area contributed by atoms with E-state index in [1.807, 2.05) is 37.3 Å². The van der Waals surface area contributed by atoms with Gasteiger partial charge in [-0.3, -0.25) is 0 Å². The Balaban J connectivity index is 2.02. The Labute approximate surface area is 111 Å². The number of hydrogen-bond acceptors (Lipinski definition) is 2. The van der Waals surface area contributed by atoms with Crippen LogP contribution in [0.5, 0.6) is 0 Å². The highest BCUT2D eigenvalue weighted by atomic mass is 35.5. The second kappa shape index (κ2) is 5.69. The normalized spacial score (nSPS) is 10.1. The van der Waals surface area contributed by atoms with Gasteiger partial charge in [-0.15, -0.1) is 0 Å². The minimum Gasteiger partial charge on any atom is -0.457 e. The van der Waals surface area contributed by atoms with Crippen LogP contribution in [-0.4, -0.2) is 5.97 Å². The highest BCUT2D eigenvalue weighted by molar-refractivity contribution is 6.31. The lowest BCUT2D eigenvalue weighted by Crippen LogP contribution is -2.05. The highest BCUT2D eigenvalue weighted by Gasteiger charge is 2.08. The molecule has 0 aliphatic carbocycles. The maximum absolute atomic E-state index is 11.8. The zero-order chi connectivity index (χ0) is 13.0. The van der Waals surface area contributed by atoms with Gasteiger partial charge in [0.05, 0.1) is 5.56 Å². The number of esters is 1. The molecule has 0 saturated carbocycles. The Hall–Kier alpha value is -1.80. The molecule has 0 unspecified atom stereocenters. The molecule has 0 saturated heterocycles. The summed E-state index contributed by atoms with van der Waals surface area (Å²) in [5.74, 6) is -0.360. The number of hydrogen-bond donors (Lipinski definition) is 0. The van der Waals surface area contributed by atoms with Gasteiger partial charge in [-0.25, -0.2) is 4.79 Å². The van der Waals surface area contributed by atoms with Crippen molar-refractivity contribution in [1.82, 2.24) is 0 Å². The van der Waals surface area contributed by atoms with Gasteiger partial charge in [0.25, 0.3) is 0 Å². The molecule has 18 heavy (non-hydrogen) atoms. The van der Waals surface area contributed by atoms with Crippen LogP contribution in [0.2, 0.25) is 5.02 Å². The van der Waals surface area contributed by atoms with Crippen molar-refractivity contribution >= 4 is 17.6 Å². The second-order valence-electron chi connectivity index (χ2n) is 4.03. The fourth-order valence-electron chi connectivity index (χ4n) is 1.53. The Bertz CT molecular complexity index is 550. The van der Waals surface area contributed by atoms with Crippen molar-refractivity contribution in [2.75, 3.05) is 0 Å². The monoisotopic (exact) mass is 260 g/mol. The summed E-state index contributed by atoms with van der Waals surface area (Å²) >= 11 is 5.97. The van der Waals surface area contributed by atoms with Crippen LogP contribution in [-0.2, 0) is 11.3 Å². The van der Waals surface area contributed by atoms with Gasteiger partial charge in [-0.05, 0) is 30.2 Å². The molecule has 0 aliphatic rings. The van der Waals surface area contributed by atoms with E-state index in [1.165, 1.54) is 0 Å². The predicted molar refractivity (Wildman–Crippen MR) is 71.8 cm³/mol. The second-order valence-corrected chi connectivity index (χ2v) is 4.43. The van der Waals surface area contributed by atoms with Crippen LogP contribution in [0.25, 0.3) is 0 Å². The van der Waals surface area contributed by atoms with Crippen molar-refractivity contribution < 1.29 is 9.53 Å². The van der Waals surface area contributed by atoms with Gasteiger partial charge in [0.2, 0.25) is 0 Å². The zero-order valence-corrected chi connectivity index (χ0v) is 10.8. The lowest BCUT2D eigenvalue weighted by atomic mass is 10.1. The van der Waals surface area contributed by atoms with Gasteiger partial charge in [0.15, 0.2) is 0 Å². The average molecular weight is 261 g/mol. The molecule has 0 N–H and O–H groups in total. The van der Waals surface area contributed by atoms with Crippen LogP contribution in [0.1, 0.15) is 21.5 Å². The number of carbonyl (C=O) groups is 1. The van der Waals surface area contributed by atoms with E-state index in [-0.39, 0.29) is 12.6 Å². The third-order valence-electron chi connectivity index (χ3n) is 2.62. The molecule has 0 fully saturated rings. The van der Waals surface area contributed by atoms with E-state index < -0.39 is 0 Å². The molecular weight excluding hydrogens is 248 g/mol. The van der Waals surface area contributed by atoms with Crippen LogP contribution in [0.4, 0.5) is 0 Å². The largest absolute Gasteiger partial charge is 0.457 e. The molecule has 3 heteroatoms. The van der Waals surface area contributed by atoms with Gasteiger partial charge in [0, 0.05) is 5.02 Å². The first-order chi connectivity index (χ1) is 8.66. The molecular formula is C15H13ClO2. The summed E-state index contributed by atoms with van der Waals surface area (Å²) < 4.78 is 5.21. The van der Waals surface area contributed by atoms with E-state index in [9.17, 15) is 4.79 Å². The summed E-state index contributed by atoms with van der Waals surface area (Å²) in [6.45, 7) is 2.16. The molecule has 0 aromatic heterocycles. The summed E-state index contributed by atoms with van der Waals surface area (Å²) in [5, 5.41) is 0.573. The van der Waals surface area contributed by atoms with Crippen molar-refractivity contribution in [3.8, 4) is 0 Å². The molecule has 0 radical (unpaired) electrons. The molecule has 0 aliphatic heterocycles. The minimum atomic E-state index is -0.360. The van der Waals surface area contributed by atoms with Crippen LogP contribution in [0, 0.1) is 6.92 Å². The smallest absolute Gasteiger partial charge is 0.338 e. The van der Waals surface area contributed by atoms with E-state index in [2.05, 4.69) is 0 Å². The number of rotatable bonds is 3. The third-order valence-corrected chi connectivity index (χ3v) is 3.03. The molecule has 2 rings (SSSR count). The Morgan fingerprint density at radius 1 is 1.17 bits per heavy atom. The fraction of sp³-hybridized carbons (Fsp3) is 0.133. The number of halogens is 1. The Kier molecular flexibility index (Phi) is 4.00. The average Bonchev–Trinajstić information content (AvgIpc) is 2.40. The molecule has 0 spiro atoms. The molecule has 92 valence electrons. The molecule has 0 amide bonds. The van der Waals surface area contributed by atoms with Crippen molar-refractivity contribution in [3.05, 3.63) is 70.2 Å². The van der Waals surface area contributed by atoms with E-state index in [4.69, 9.17) is 16.3 Å². The third kappa shape index (κ3) is 3.11. The number of benzene rings is 2. The minimum absolute atomic E-state index is 0.269. The number of aryl methyl sites for hydroxylation is 1. The lowest BCUT2D eigenvalue weighted by molar-refractivity contribution is 0.0472. The van der Waals surface area contributed by atoms with Crippen molar-refractivity contribution in [3.63, 3.8) is 0 Å². The Morgan fingerprint density at radius 2 is 1.89 bits per heavy atom. The summed E-state index contributed by atoms with van der Waals surface area (Å²) in [6.07, 6.45) is 0. The summed E-state index contributed by atoms with van der Waals surface area (Å²) in [7, 11) is 0. The molecule has 0 heterocycles. The van der Waals surface area contributed by atoms with Crippen molar-refractivity contribution in [2.24, 2.45) is 0 Å². The van der Waals surface area contributed by atoms with E-state index >= 15 is 0 Å². The first-order valence-corrected chi connectivity index (χ1v) is 6.02.